The quantitative estimate of drug-likeness (QED) is 0.700. The van der Waals surface area contributed by atoms with Crippen LogP contribution in [0.3, 0.4) is 0 Å². The molecular formula is C19H23ClN2O4S. The normalized spacial score (nSPS) is 11.4. The van der Waals surface area contributed by atoms with E-state index in [0.717, 1.165) is 5.56 Å². The number of hydrogen-bond acceptors (Lipinski definition) is 4. The lowest BCUT2D eigenvalue weighted by molar-refractivity contribution is 0.0945. The summed E-state index contributed by atoms with van der Waals surface area (Å²) in [6.45, 7) is 4.06. The largest absolute Gasteiger partial charge is 0.490 e. The van der Waals surface area contributed by atoms with Gasteiger partial charge >= 0.3 is 0 Å². The molecule has 0 radical (unpaired) electrons. The highest BCUT2D eigenvalue weighted by atomic mass is 35.5. The van der Waals surface area contributed by atoms with E-state index in [1.807, 2.05) is 13.8 Å². The predicted molar refractivity (Wildman–Crippen MR) is 107 cm³/mol. The molecule has 27 heavy (non-hydrogen) atoms. The molecule has 146 valence electrons. The van der Waals surface area contributed by atoms with E-state index in [9.17, 15) is 13.2 Å². The van der Waals surface area contributed by atoms with Crippen molar-refractivity contribution in [1.82, 2.24) is 10.0 Å². The van der Waals surface area contributed by atoms with Crippen LogP contribution in [0.15, 0.2) is 42.5 Å². The number of carbonyl (C=O) groups excluding carboxylic acids is 1. The van der Waals surface area contributed by atoms with Gasteiger partial charge in [0.2, 0.25) is 10.0 Å². The second-order valence-corrected chi connectivity index (χ2v) is 8.63. The van der Waals surface area contributed by atoms with E-state index in [2.05, 4.69) is 10.0 Å². The average Bonchev–Trinajstić information content (AvgIpc) is 2.61. The Labute approximate surface area is 164 Å². The smallest absolute Gasteiger partial charge is 0.255 e. The Morgan fingerprint density at radius 3 is 2.33 bits per heavy atom. The number of ether oxygens (including phenoxy) is 1. The maximum Gasteiger partial charge on any atom is 0.255 e. The zero-order valence-corrected chi connectivity index (χ0v) is 17.0. The lowest BCUT2D eigenvalue weighted by Crippen LogP contribution is -2.24. The van der Waals surface area contributed by atoms with Crippen molar-refractivity contribution in [1.29, 1.82) is 0 Å². The zero-order chi connectivity index (χ0) is 20.0. The molecule has 2 rings (SSSR count). The van der Waals surface area contributed by atoms with Gasteiger partial charge < -0.3 is 10.1 Å². The van der Waals surface area contributed by atoms with Crippen molar-refractivity contribution >= 4 is 27.5 Å². The molecule has 0 heterocycles. The minimum Gasteiger partial charge on any atom is -0.490 e. The SMILES string of the molecule is CNS(=O)(=O)Cc1ccc(CNC(=O)c2cc(Cl)ccc2OC(C)C)cc1. The number of hydrogen-bond donors (Lipinski definition) is 2. The van der Waals surface area contributed by atoms with Gasteiger partial charge in [-0.25, -0.2) is 13.1 Å². The molecule has 0 aliphatic heterocycles. The molecule has 0 saturated carbocycles. The Morgan fingerprint density at radius 2 is 1.74 bits per heavy atom. The molecule has 8 heteroatoms. The van der Waals surface area contributed by atoms with Crippen LogP contribution in [0, 0.1) is 0 Å². The number of rotatable bonds is 8. The van der Waals surface area contributed by atoms with Crippen molar-refractivity contribution < 1.29 is 17.9 Å². The average molecular weight is 411 g/mol. The van der Waals surface area contributed by atoms with Crippen molar-refractivity contribution in [3.05, 3.63) is 64.2 Å². The molecule has 0 bridgehead atoms. The molecule has 2 N–H and O–H groups in total. The molecule has 0 aliphatic carbocycles. The van der Waals surface area contributed by atoms with Crippen LogP contribution in [0.25, 0.3) is 0 Å². The van der Waals surface area contributed by atoms with Gasteiger partial charge in [0, 0.05) is 11.6 Å². The third kappa shape index (κ3) is 6.53. The number of nitrogens with one attached hydrogen (secondary N) is 2. The summed E-state index contributed by atoms with van der Waals surface area (Å²) in [6.07, 6.45) is -0.0702. The van der Waals surface area contributed by atoms with Gasteiger partial charge in [0.25, 0.3) is 5.91 Å². The van der Waals surface area contributed by atoms with Crippen LogP contribution in [0.2, 0.25) is 5.02 Å². The molecule has 0 atom stereocenters. The molecule has 2 aromatic rings. The third-order valence-electron chi connectivity index (χ3n) is 3.69. The first-order valence-corrected chi connectivity index (χ1v) is 10.5. The van der Waals surface area contributed by atoms with E-state index in [1.54, 1.807) is 42.5 Å². The Morgan fingerprint density at radius 1 is 1.11 bits per heavy atom. The molecule has 6 nitrogen and oxygen atoms in total. The number of carbonyl (C=O) groups is 1. The van der Waals surface area contributed by atoms with Crippen molar-refractivity contribution in [2.45, 2.75) is 32.2 Å². The van der Waals surface area contributed by atoms with Crippen LogP contribution in [-0.4, -0.2) is 27.5 Å². The molecule has 0 aliphatic rings. The third-order valence-corrected chi connectivity index (χ3v) is 5.26. The van der Waals surface area contributed by atoms with Crippen molar-refractivity contribution in [3.8, 4) is 5.75 Å². The maximum absolute atomic E-state index is 12.5. The predicted octanol–water partition coefficient (Wildman–Crippen LogP) is 3.11. The first-order chi connectivity index (χ1) is 12.7. The molecular weight excluding hydrogens is 388 g/mol. The summed E-state index contributed by atoms with van der Waals surface area (Å²) in [7, 11) is -1.93. The summed E-state index contributed by atoms with van der Waals surface area (Å²) in [4.78, 5) is 12.5. The van der Waals surface area contributed by atoms with E-state index in [4.69, 9.17) is 16.3 Å². The van der Waals surface area contributed by atoms with Crippen LogP contribution in [0.1, 0.15) is 35.3 Å². The summed E-state index contributed by atoms with van der Waals surface area (Å²) in [5.74, 6) is 0.0867. The van der Waals surface area contributed by atoms with Gasteiger partial charge in [-0.3, -0.25) is 4.79 Å². The monoisotopic (exact) mass is 410 g/mol. The van der Waals surface area contributed by atoms with E-state index in [0.29, 0.717) is 28.4 Å². The maximum atomic E-state index is 12.5. The van der Waals surface area contributed by atoms with Gasteiger partial charge in [0.05, 0.1) is 17.4 Å². The van der Waals surface area contributed by atoms with Crippen LogP contribution >= 0.6 is 11.6 Å². The minimum absolute atomic E-state index is 0.0702. The Kier molecular flexibility index (Phi) is 7.24. The van der Waals surface area contributed by atoms with Gasteiger partial charge in [0.1, 0.15) is 5.75 Å². The van der Waals surface area contributed by atoms with Crippen LogP contribution < -0.4 is 14.8 Å². The van der Waals surface area contributed by atoms with Crippen LogP contribution in [-0.2, 0) is 22.3 Å². The highest BCUT2D eigenvalue weighted by Gasteiger charge is 2.14. The molecule has 0 aromatic heterocycles. The van der Waals surface area contributed by atoms with Crippen molar-refractivity contribution in [3.63, 3.8) is 0 Å². The first kappa shape index (κ1) is 21.2. The topological polar surface area (TPSA) is 84.5 Å². The van der Waals surface area contributed by atoms with Crippen molar-refractivity contribution in [2.24, 2.45) is 0 Å². The fraction of sp³-hybridized carbons (Fsp3) is 0.316. The number of halogens is 1. The van der Waals surface area contributed by atoms with E-state index in [1.165, 1.54) is 7.05 Å². The minimum atomic E-state index is -3.31. The van der Waals surface area contributed by atoms with Gasteiger partial charge in [-0.1, -0.05) is 35.9 Å². The van der Waals surface area contributed by atoms with E-state index < -0.39 is 10.0 Å². The molecule has 2 aromatic carbocycles. The second-order valence-electron chi connectivity index (χ2n) is 6.27. The van der Waals surface area contributed by atoms with E-state index in [-0.39, 0.29) is 17.8 Å². The summed E-state index contributed by atoms with van der Waals surface area (Å²) in [5, 5.41) is 3.28. The molecule has 0 spiro atoms. The lowest BCUT2D eigenvalue weighted by atomic mass is 10.1. The van der Waals surface area contributed by atoms with Gasteiger partial charge in [-0.2, -0.15) is 0 Å². The fourth-order valence-corrected chi connectivity index (χ4v) is 3.31. The summed E-state index contributed by atoms with van der Waals surface area (Å²) in [5.41, 5.74) is 1.89. The number of sulfonamides is 1. The highest BCUT2D eigenvalue weighted by Crippen LogP contribution is 2.24. The van der Waals surface area contributed by atoms with Gasteiger partial charge in [-0.15, -0.1) is 0 Å². The summed E-state index contributed by atoms with van der Waals surface area (Å²) >= 11 is 6.01. The second kappa shape index (κ2) is 9.21. The zero-order valence-electron chi connectivity index (χ0n) is 15.5. The molecule has 0 unspecified atom stereocenters. The van der Waals surface area contributed by atoms with Crippen LogP contribution in [0.5, 0.6) is 5.75 Å². The number of amides is 1. The lowest BCUT2D eigenvalue weighted by Gasteiger charge is -2.14. The molecule has 1 amide bonds. The first-order valence-electron chi connectivity index (χ1n) is 8.43. The Balaban J connectivity index is 2.04. The fourth-order valence-electron chi connectivity index (χ4n) is 2.36. The highest BCUT2D eigenvalue weighted by molar-refractivity contribution is 7.88. The van der Waals surface area contributed by atoms with Gasteiger partial charge in [-0.05, 0) is 50.2 Å². The van der Waals surface area contributed by atoms with Gasteiger partial charge in [0.15, 0.2) is 0 Å². The summed E-state index contributed by atoms with van der Waals surface area (Å²) in [6, 6.07) is 11.9. The molecule has 0 saturated heterocycles. The summed E-state index contributed by atoms with van der Waals surface area (Å²) < 4.78 is 31.1. The molecule has 0 fully saturated rings. The van der Waals surface area contributed by atoms with Crippen LogP contribution in [0.4, 0.5) is 0 Å². The van der Waals surface area contributed by atoms with E-state index >= 15 is 0 Å². The number of benzene rings is 2. The van der Waals surface area contributed by atoms with Crippen molar-refractivity contribution in [2.75, 3.05) is 7.05 Å². The standard InChI is InChI=1S/C19H23ClN2O4S/c1-13(2)26-18-9-8-16(20)10-17(18)19(23)22-11-14-4-6-15(7-5-14)12-27(24,25)21-3/h4-10,13,21H,11-12H2,1-3H3,(H,22,23). The Hall–Kier alpha value is -2.09. The Bertz CT molecular complexity index is 896.